The van der Waals surface area contributed by atoms with E-state index in [9.17, 15) is 18.4 Å². The van der Waals surface area contributed by atoms with Crippen molar-refractivity contribution < 1.29 is 18.4 Å². The van der Waals surface area contributed by atoms with Gasteiger partial charge in [0.15, 0.2) is 0 Å². The second-order valence-electron chi connectivity index (χ2n) is 6.66. The first-order valence-electron chi connectivity index (χ1n) is 9.01. The van der Waals surface area contributed by atoms with Gasteiger partial charge in [-0.2, -0.15) is 10.2 Å². The minimum atomic E-state index is -3.83. The first-order valence-corrected chi connectivity index (χ1v) is 11.8. The van der Waals surface area contributed by atoms with E-state index in [-0.39, 0.29) is 9.90 Å². The number of thiophene rings is 1. The number of primary sulfonamides is 1. The Labute approximate surface area is 192 Å². The maximum absolute atomic E-state index is 11.6. The van der Waals surface area contributed by atoms with Crippen LogP contribution in [0.3, 0.4) is 0 Å². The van der Waals surface area contributed by atoms with E-state index in [0.29, 0.717) is 32.0 Å². The number of carbonyl (C=O) groups excluding carboxylic acids is 1. The van der Waals surface area contributed by atoms with Crippen molar-refractivity contribution in [3.8, 4) is 27.5 Å². The Morgan fingerprint density at radius 2 is 1.72 bits per heavy atom. The zero-order valence-corrected chi connectivity index (χ0v) is 18.6. The number of primary amides is 1. The third-order valence-electron chi connectivity index (χ3n) is 4.52. The normalized spacial score (nSPS) is 11.5. The second-order valence-corrected chi connectivity index (χ2v) is 9.72. The average Bonchev–Trinajstić information content (AvgIpc) is 3.41. The van der Waals surface area contributed by atoms with Gasteiger partial charge in [0.25, 0.3) is 0 Å². The van der Waals surface area contributed by atoms with Gasteiger partial charge in [0.2, 0.25) is 10.0 Å². The Kier molecular flexibility index (Phi) is 5.75. The third kappa shape index (κ3) is 4.38. The molecule has 0 bridgehead atoms. The molecule has 2 aromatic carbocycles. The summed E-state index contributed by atoms with van der Waals surface area (Å²) in [4.78, 5) is 11.9. The summed E-state index contributed by atoms with van der Waals surface area (Å²) in [5.74, 6) is 0. The number of sulfonamides is 1. The molecule has 0 saturated heterocycles. The van der Waals surface area contributed by atoms with Crippen molar-refractivity contribution in [1.29, 1.82) is 0 Å². The largest absolute Gasteiger partial charge is 0.349 e. The molecule has 2 heterocycles. The van der Waals surface area contributed by atoms with Gasteiger partial charge < -0.3 is 5.73 Å². The number of hydrogen-bond acceptors (Lipinski definition) is 6. The van der Waals surface area contributed by atoms with E-state index in [4.69, 9.17) is 22.5 Å². The van der Waals surface area contributed by atoms with Crippen LogP contribution >= 0.6 is 22.9 Å². The van der Waals surface area contributed by atoms with E-state index < -0.39 is 16.1 Å². The summed E-state index contributed by atoms with van der Waals surface area (Å²) in [6.45, 7) is 0. The molecule has 0 unspecified atom stereocenters. The molecular formula is C20H16ClN5O4S2. The average molecular weight is 490 g/mol. The standard InChI is InChI=1S/C20H16ClN5O4S2/c21-13-3-1-12(2-4-13)17-11-16(18-9-10-19(31-18)26(28)20(22)27)24-25(17)14-5-7-15(8-6-14)32(23,29)30/h1-11,28H,(H2,22,27)(H2,23,29,30). The van der Waals surface area contributed by atoms with E-state index in [2.05, 4.69) is 5.10 Å². The molecule has 0 fully saturated rings. The molecule has 164 valence electrons. The van der Waals surface area contributed by atoms with Crippen LogP contribution in [0.25, 0.3) is 27.5 Å². The van der Waals surface area contributed by atoms with Crippen molar-refractivity contribution >= 4 is 44.0 Å². The first kappa shape index (κ1) is 22.0. The number of benzene rings is 2. The highest BCUT2D eigenvalue weighted by atomic mass is 35.5. The van der Waals surface area contributed by atoms with Crippen LogP contribution in [0.2, 0.25) is 5.02 Å². The van der Waals surface area contributed by atoms with Gasteiger partial charge in [-0.15, -0.1) is 11.3 Å². The van der Waals surface area contributed by atoms with E-state index >= 15 is 0 Å². The number of urea groups is 1. The van der Waals surface area contributed by atoms with Gasteiger partial charge in [-0.25, -0.2) is 23.0 Å². The molecule has 0 saturated carbocycles. The molecule has 2 amide bonds. The molecule has 2 aromatic heterocycles. The molecule has 0 aliphatic carbocycles. The van der Waals surface area contributed by atoms with Gasteiger partial charge in [0, 0.05) is 10.6 Å². The number of halogens is 1. The van der Waals surface area contributed by atoms with Crippen molar-refractivity contribution in [3.63, 3.8) is 0 Å². The molecule has 0 radical (unpaired) electrons. The fourth-order valence-electron chi connectivity index (χ4n) is 2.99. The smallest absolute Gasteiger partial charge is 0.344 e. The van der Waals surface area contributed by atoms with Crippen LogP contribution in [0.4, 0.5) is 9.80 Å². The van der Waals surface area contributed by atoms with Gasteiger partial charge in [-0.05, 0) is 54.6 Å². The number of amides is 2. The van der Waals surface area contributed by atoms with Gasteiger partial charge in [0.05, 0.1) is 21.2 Å². The minimum absolute atomic E-state index is 0.0148. The van der Waals surface area contributed by atoms with Crippen molar-refractivity contribution in [1.82, 2.24) is 9.78 Å². The molecule has 9 nitrogen and oxygen atoms in total. The maximum Gasteiger partial charge on any atom is 0.344 e. The van der Waals surface area contributed by atoms with Crippen LogP contribution in [0.1, 0.15) is 0 Å². The van der Waals surface area contributed by atoms with Crippen LogP contribution in [0, 0.1) is 0 Å². The molecule has 12 heteroatoms. The summed E-state index contributed by atoms with van der Waals surface area (Å²) in [5, 5.41) is 20.8. The lowest BCUT2D eigenvalue weighted by atomic mass is 10.1. The predicted octanol–water partition coefficient (Wildman–Crippen LogP) is 3.84. The van der Waals surface area contributed by atoms with Crippen LogP contribution in [-0.2, 0) is 10.0 Å². The van der Waals surface area contributed by atoms with Gasteiger partial charge in [-0.3, -0.25) is 5.21 Å². The monoisotopic (exact) mass is 489 g/mol. The van der Waals surface area contributed by atoms with Gasteiger partial charge in [-0.1, -0.05) is 23.7 Å². The Morgan fingerprint density at radius 3 is 2.31 bits per heavy atom. The van der Waals surface area contributed by atoms with E-state index in [0.717, 1.165) is 16.9 Å². The number of rotatable bonds is 5. The van der Waals surface area contributed by atoms with Gasteiger partial charge >= 0.3 is 6.03 Å². The fraction of sp³-hybridized carbons (Fsp3) is 0. The van der Waals surface area contributed by atoms with E-state index in [1.807, 2.05) is 18.2 Å². The Balaban J connectivity index is 1.82. The fourth-order valence-corrected chi connectivity index (χ4v) is 4.51. The lowest BCUT2D eigenvalue weighted by molar-refractivity contribution is 0.213. The summed E-state index contributed by atoms with van der Waals surface area (Å²) in [6, 6.07) is 17.2. The molecular weight excluding hydrogens is 474 g/mol. The number of hydroxylamine groups is 1. The number of carbonyl (C=O) groups is 1. The summed E-state index contributed by atoms with van der Waals surface area (Å²) < 4.78 is 24.8. The highest BCUT2D eigenvalue weighted by molar-refractivity contribution is 7.89. The Hall–Kier alpha value is -3.22. The summed E-state index contributed by atoms with van der Waals surface area (Å²) in [6.07, 6.45) is 0. The van der Waals surface area contributed by atoms with Gasteiger partial charge in [0.1, 0.15) is 10.7 Å². The molecule has 4 rings (SSSR count). The summed E-state index contributed by atoms with van der Waals surface area (Å²) in [5.41, 5.74) is 7.82. The Bertz CT molecular complexity index is 1400. The lowest BCUT2D eigenvalue weighted by Gasteiger charge is -2.08. The predicted molar refractivity (Wildman–Crippen MR) is 123 cm³/mol. The third-order valence-corrected chi connectivity index (χ3v) is 6.79. The number of nitrogens with two attached hydrogens (primary N) is 2. The van der Waals surface area contributed by atoms with E-state index in [1.165, 1.54) is 12.1 Å². The van der Waals surface area contributed by atoms with Crippen molar-refractivity contribution in [3.05, 3.63) is 71.8 Å². The van der Waals surface area contributed by atoms with Crippen LogP contribution in [0.15, 0.2) is 71.6 Å². The second kappa shape index (κ2) is 8.37. The molecule has 4 aromatic rings. The summed E-state index contributed by atoms with van der Waals surface area (Å²) in [7, 11) is -3.83. The quantitative estimate of drug-likeness (QED) is 0.288. The molecule has 5 N–H and O–H groups in total. The van der Waals surface area contributed by atoms with Crippen molar-refractivity contribution in [2.75, 3.05) is 5.06 Å². The molecule has 0 aliphatic heterocycles. The lowest BCUT2D eigenvalue weighted by Crippen LogP contribution is -2.31. The molecule has 0 spiro atoms. The summed E-state index contributed by atoms with van der Waals surface area (Å²) >= 11 is 7.14. The zero-order valence-electron chi connectivity index (χ0n) is 16.2. The van der Waals surface area contributed by atoms with E-state index in [1.54, 1.807) is 41.1 Å². The van der Waals surface area contributed by atoms with Crippen LogP contribution in [0.5, 0.6) is 0 Å². The minimum Gasteiger partial charge on any atom is -0.349 e. The topological polar surface area (TPSA) is 145 Å². The van der Waals surface area contributed by atoms with Crippen LogP contribution in [-0.4, -0.2) is 29.4 Å². The molecule has 0 aliphatic rings. The SMILES string of the molecule is NC(=O)N(O)c1ccc(-c2cc(-c3ccc(Cl)cc3)n(-c3ccc(S(N)(=O)=O)cc3)n2)s1. The highest BCUT2D eigenvalue weighted by Crippen LogP contribution is 2.35. The molecule has 0 atom stereocenters. The number of nitrogens with zero attached hydrogens (tertiary/aromatic N) is 3. The first-order chi connectivity index (χ1) is 15.1. The maximum atomic E-state index is 11.6. The zero-order chi connectivity index (χ0) is 23.0. The number of anilines is 1. The van der Waals surface area contributed by atoms with Crippen molar-refractivity contribution in [2.45, 2.75) is 4.90 Å². The number of aromatic nitrogens is 2. The number of hydrogen-bond donors (Lipinski definition) is 3. The Morgan fingerprint density at radius 1 is 1.06 bits per heavy atom. The highest BCUT2D eigenvalue weighted by Gasteiger charge is 2.18. The van der Waals surface area contributed by atoms with Crippen molar-refractivity contribution in [2.24, 2.45) is 10.9 Å². The molecule has 32 heavy (non-hydrogen) atoms. The van der Waals surface area contributed by atoms with Crippen LogP contribution < -0.4 is 15.9 Å².